The molecule has 0 saturated carbocycles. The Labute approximate surface area is 114 Å². The van der Waals surface area contributed by atoms with Crippen LogP contribution in [0.15, 0.2) is 29.2 Å². The summed E-state index contributed by atoms with van der Waals surface area (Å²) in [6.07, 6.45) is 2.88. The number of piperidine rings is 1. The second-order valence-corrected chi connectivity index (χ2v) is 6.34. The number of rotatable bonds is 3. The third-order valence-electron chi connectivity index (χ3n) is 4.15. The van der Waals surface area contributed by atoms with Gasteiger partial charge in [0.05, 0.1) is 6.10 Å². The summed E-state index contributed by atoms with van der Waals surface area (Å²) in [5.74, 6) is 1.98. The maximum Gasteiger partial charge on any atom is 0.0595 e. The van der Waals surface area contributed by atoms with Crippen molar-refractivity contribution in [1.29, 1.82) is 0 Å². The molecule has 3 rings (SSSR count). The van der Waals surface area contributed by atoms with E-state index >= 15 is 0 Å². The predicted molar refractivity (Wildman–Crippen MR) is 76.4 cm³/mol. The van der Waals surface area contributed by atoms with Crippen LogP contribution < -0.4 is 0 Å². The molecule has 0 amide bonds. The lowest BCUT2D eigenvalue weighted by Crippen LogP contribution is -2.39. The van der Waals surface area contributed by atoms with Crippen LogP contribution in [-0.4, -0.2) is 43.5 Å². The molecule has 98 valence electrons. The fraction of sp³-hybridized carbons (Fsp3) is 0.600. The van der Waals surface area contributed by atoms with Crippen molar-refractivity contribution in [2.45, 2.75) is 29.8 Å². The molecule has 0 aromatic heterocycles. The number of hydrogen-bond donors (Lipinski definition) is 0. The van der Waals surface area contributed by atoms with E-state index < -0.39 is 0 Å². The van der Waals surface area contributed by atoms with Gasteiger partial charge < -0.3 is 9.64 Å². The summed E-state index contributed by atoms with van der Waals surface area (Å²) in [5.41, 5.74) is 1.57. The summed E-state index contributed by atoms with van der Waals surface area (Å²) < 4.78 is 5.43. The van der Waals surface area contributed by atoms with E-state index in [0.29, 0.717) is 6.10 Å². The first kappa shape index (κ1) is 12.5. The third kappa shape index (κ3) is 2.58. The minimum absolute atomic E-state index is 0.492. The molecule has 1 aromatic rings. The minimum Gasteiger partial charge on any atom is -0.381 e. The molecule has 2 heterocycles. The maximum atomic E-state index is 5.43. The van der Waals surface area contributed by atoms with Crippen molar-refractivity contribution in [3.05, 3.63) is 29.8 Å². The number of nitrogens with zero attached hydrogens (tertiary/aromatic N) is 1. The van der Waals surface area contributed by atoms with Crippen molar-refractivity contribution in [1.82, 2.24) is 4.90 Å². The van der Waals surface area contributed by atoms with E-state index in [0.717, 1.165) is 5.92 Å². The van der Waals surface area contributed by atoms with Gasteiger partial charge in [0.1, 0.15) is 0 Å². The normalized spacial score (nSPS) is 25.3. The van der Waals surface area contributed by atoms with Gasteiger partial charge in [-0.05, 0) is 24.5 Å². The standard InChI is InChI=1S/C15H21NOS/c1-17-13-6-8-16(9-7-13)10-12-11-18-15-5-3-2-4-14(12)15/h2-5,12-13H,6-11H2,1H3. The summed E-state index contributed by atoms with van der Waals surface area (Å²) in [5, 5.41) is 0. The van der Waals surface area contributed by atoms with Gasteiger partial charge in [0.25, 0.3) is 0 Å². The highest BCUT2D eigenvalue weighted by molar-refractivity contribution is 7.99. The van der Waals surface area contributed by atoms with Gasteiger partial charge >= 0.3 is 0 Å². The summed E-state index contributed by atoms with van der Waals surface area (Å²) in [6, 6.07) is 8.90. The number of thioether (sulfide) groups is 1. The number of likely N-dealkylation sites (tertiary alicyclic amines) is 1. The van der Waals surface area contributed by atoms with Crippen molar-refractivity contribution in [2.24, 2.45) is 0 Å². The maximum absolute atomic E-state index is 5.43. The lowest BCUT2D eigenvalue weighted by molar-refractivity contribution is 0.0399. The van der Waals surface area contributed by atoms with E-state index in [9.17, 15) is 0 Å². The molecule has 0 bridgehead atoms. The van der Waals surface area contributed by atoms with Crippen LogP contribution in [0, 0.1) is 0 Å². The van der Waals surface area contributed by atoms with Gasteiger partial charge in [-0.15, -0.1) is 11.8 Å². The van der Waals surface area contributed by atoms with Crippen LogP contribution in [0.4, 0.5) is 0 Å². The lowest BCUT2D eigenvalue weighted by atomic mass is 9.99. The van der Waals surface area contributed by atoms with Gasteiger partial charge in [-0.3, -0.25) is 0 Å². The highest BCUT2D eigenvalue weighted by Crippen LogP contribution is 2.39. The molecule has 0 spiro atoms. The van der Waals surface area contributed by atoms with Crippen molar-refractivity contribution in [3.8, 4) is 0 Å². The van der Waals surface area contributed by atoms with Crippen molar-refractivity contribution in [2.75, 3.05) is 32.5 Å². The molecule has 2 nitrogen and oxygen atoms in total. The van der Waals surface area contributed by atoms with Crippen LogP contribution >= 0.6 is 11.8 Å². The van der Waals surface area contributed by atoms with Crippen LogP contribution in [0.1, 0.15) is 24.3 Å². The first-order chi connectivity index (χ1) is 8.86. The van der Waals surface area contributed by atoms with E-state index in [1.165, 1.54) is 43.1 Å². The van der Waals surface area contributed by atoms with E-state index in [1.807, 2.05) is 18.9 Å². The number of fused-ring (bicyclic) bond motifs is 1. The van der Waals surface area contributed by atoms with E-state index in [1.54, 1.807) is 5.56 Å². The van der Waals surface area contributed by atoms with Crippen LogP contribution in [0.5, 0.6) is 0 Å². The molecule has 1 fully saturated rings. The zero-order valence-electron chi connectivity index (χ0n) is 11.0. The van der Waals surface area contributed by atoms with Crippen LogP contribution in [0.3, 0.4) is 0 Å². The number of benzene rings is 1. The topological polar surface area (TPSA) is 12.5 Å². The molecule has 2 aliphatic rings. The van der Waals surface area contributed by atoms with Crippen LogP contribution in [0.25, 0.3) is 0 Å². The van der Waals surface area contributed by atoms with E-state index in [4.69, 9.17) is 4.74 Å². The first-order valence-corrected chi connectivity index (χ1v) is 7.82. The Kier molecular flexibility index (Phi) is 3.92. The molecule has 1 unspecified atom stereocenters. The first-order valence-electron chi connectivity index (χ1n) is 6.83. The highest BCUT2D eigenvalue weighted by atomic mass is 32.2. The van der Waals surface area contributed by atoms with Gasteiger partial charge in [0.15, 0.2) is 0 Å². The molecule has 18 heavy (non-hydrogen) atoms. The smallest absolute Gasteiger partial charge is 0.0595 e. The fourth-order valence-corrected chi connectivity index (χ4v) is 4.26. The van der Waals surface area contributed by atoms with Crippen molar-refractivity contribution in [3.63, 3.8) is 0 Å². The number of methoxy groups -OCH3 is 1. The Bertz CT molecular complexity index is 401. The van der Waals surface area contributed by atoms with Crippen LogP contribution in [0.2, 0.25) is 0 Å². The second kappa shape index (κ2) is 5.64. The van der Waals surface area contributed by atoms with Gasteiger partial charge in [-0.2, -0.15) is 0 Å². The summed E-state index contributed by atoms with van der Waals surface area (Å²) in [4.78, 5) is 4.11. The number of hydrogen-bond acceptors (Lipinski definition) is 3. The van der Waals surface area contributed by atoms with Crippen LogP contribution in [-0.2, 0) is 4.74 Å². The molecular weight excluding hydrogens is 242 g/mol. The average Bonchev–Trinajstić information content (AvgIpc) is 2.83. The highest BCUT2D eigenvalue weighted by Gasteiger charge is 2.26. The quantitative estimate of drug-likeness (QED) is 0.832. The molecule has 1 aromatic carbocycles. The third-order valence-corrected chi connectivity index (χ3v) is 5.40. The molecule has 0 N–H and O–H groups in total. The molecule has 2 aliphatic heterocycles. The Hall–Kier alpha value is -0.510. The second-order valence-electron chi connectivity index (χ2n) is 5.28. The largest absolute Gasteiger partial charge is 0.381 e. The fourth-order valence-electron chi connectivity index (χ4n) is 3.02. The summed E-state index contributed by atoms with van der Waals surface area (Å²) >= 11 is 2.02. The predicted octanol–water partition coefficient (Wildman–Crippen LogP) is 2.99. The Balaban J connectivity index is 1.59. The average molecular weight is 263 g/mol. The Morgan fingerprint density at radius 2 is 2.06 bits per heavy atom. The van der Waals surface area contributed by atoms with Gasteiger partial charge in [0, 0.05) is 43.3 Å². The monoisotopic (exact) mass is 263 g/mol. The molecule has 0 radical (unpaired) electrons. The summed E-state index contributed by atoms with van der Waals surface area (Å²) in [6.45, 7) is 3.62. The van der Waals surface area contributed by atoms with Gasteiger partial charge in [0.2, 0.25) is 0 Å². The van der Waals surface area contributed by atoms with Gasteiger partial charge in [-0.1, -0.05) is 18.2 Å². The van der Waals surface area contributed by atoms with Crippen molar-refractivity contribution < 1.29 is 4.74 Å². The summed E-state index contributed by atoms with van der Waals surface area (Å²) in [7, 11) is 1.84. The van der Waals surface area contributed by atoms with E-state index in [2.05, 4.69) is 29.2 Å². The number of ether oxygens (including phenoxy) is 1. The zero-order valence-corrected chi connectivity index (χ0v) is 11.8. The van der Waals surface area contributed by atoms with Gasteiger partial charge in [-0.25, -0.2) is 0 Å². The van der Waals surface area contributed by atoms with Crippen molar-refractivity contribution >= 4 is 11.8 Å². The molecule has 1 saturated heterocycles. The molecular formula is C15H21NOS. The van der Waals surface area contributed by atoms with E-state index in [-0.39, 0.29) is 0 Å². The minimum atomic E-state index is 0.492. The zero-order chi connectivity index (χ0) is 12.4. The Morgan fingerprint density at radius 3 is 2.83 bits per heavy atom. The Morgan fingerprint density at radius 1 is 1.28 bits per heavy atom. The molecule has 3 heteroatoms. The molecule has 0 aliphatic carbocycles. The lowest BCUT2D eigenvalue weighted by Gasteiger charge is -2.32. The molecule has 1 atom stereocenters. The SMILES string of the molecule is COC1CCN(CC2CSc3ccccc32)CC1.